The van der Waals surface area contributed by atoms with Crippen LogP contribution in [0.5, 0.6) is 0 Å². The zero-order chi connectivity index (χ0) is 10.7. The average molecular weight is 226 g/mol. The molecule has 0 radical (unpaired) electrons. The van der Waals surface area contributed by atoms with Crippen LogP contribution in [0.2, 0.25) is 5.15 Å². The molecule has 15 heavy (non-hydrogen) atoms. The van der Waals surface area contributed by atoms with Crippen molar-refractivity contribution in [2.75, 3.05) is 11.9 Å². The average Bonchev–Trinajstić information content (AvgIpc) is 3.02. The third-order valence-electron chi connectivity index (χ3n) is 2.16. The first-order valence-electron chi connectivity index (χ1n) is 4.89. The maximum atomic E-state index is 11.4. The molecule has 2 rings (SSSR count). The number of rotatable bonds is 4. The standard InChI is InChI=1S/C10H12ClN3O/c11-10-8(2-1-5-12-10)14-9(15)6-13-7-3-4-7/h1-2,5,7,13H,3-4,6H2,(H,14,15). The number of hydrogen-bond donors (Lipinski definition) is 2. The van der Waals surface area contributed by atoms with Crippen molar-refractivity contribution in [2.24, 2.45) is 0 Å². The molecule has 0 saturated heterocycles. The molecule has 0 atom stereocenters. The molecule has 1 fully saturated rings. The number of amides is 1. The monoisotopic (exact) mass is 225 g/mol. The molecular weight excluding hydrogens is 214 g/mol. The zero-order valence-electron chi connectivity index (χ0n) is 8.16. The molecule has 0 aromatic carbocycles. The largest absolute Gasteiger partial charge is 0.322 e. The van der Waals surface area contributed by atoms with Crippen LogP contribution in [-0.2, 0) is 4.79 Å². The summed E-state index contributed by atoms with van der Waals surface area (Å²) in [5.74, 6) is -0.0863. The minimum atomic E-state index is -0.0863. The Labute approximate surface area is 93.0 Å². The Morgan fingerprint density at radius 2 is 2.40 bits per heavy atom. The van der Waals surface area contributed by atoms with E-state index in [-0.39, 0.29) is 5.91 Å². The van der Waals surface area contributed by atoms with Gasteiger partial charge in [-0.25, -0.2) is 4.98 Å². The fourth-order valence-electron chi connectivity index (χ4n) is 1.20. The van der Waals surface area contributed by atoms with E-state index >= 15 is 0 Å². The highest BCUT2D eigenvalue weighted by Gasteiger charge is 2.21. The van der Waals surface area contributed by atoms with E-state index in [9.17, 15) is 4.79 Å². The van der Waals surface area contributed by atoms with Gasteiger partial charge in [0.25, 0.3) is 0 Å². The van der Waals surface area contributed by atoms with Gasteiger partial charge in [-0.3, -0.25) is 4.79 Å². The summed E-state index contributed by atoms with van der Waals surface area (Å²) in [6.07, 6.45) is 3.92. The van der Waals surface area contributed by atoms with Gasteiger partial charge in [-0.05, 0) is 25.0 Å². The van der Waals surface area contributed by atoms with Gasteiger partial charge in [0.15, 0.2) is 5.15 Å². The van der Waals surface area contributed by atoms with E-state index in [1.54, 1.807) is 18.3 Å². The van der Waals surface area contributed by atoms with E-state index in [1.165, 1.54) is 12.8 Å². The molecule has 2 N–H and O–H groups in total. The van der Waals surface area contributed by atoms with Gasteiger partial charge in [0.2, 0.25) is 5.91 Å². The van der Waals surface area contributed by atoms with Crippen molar-refractivity contribution in [1.82, 2.24) is 10.3 Å². The molecule has 0 bridgehead atoms. The van der Waals surface area contributed by atoms with Crippen LogP contribution in [0.1, 0.15) is 12.8 Å². The van der Waals surface area contributed by atoms with Crippen molar-refractivity contribution in [1.29, 1.82) is 0 Å². The van der Waals surface area contributed by atoms with Crippen LogP contribution >= 0.6 is 11.6 Å². The smallest absolute Gasteiger partial charge is 0.238 e. The van der Waals surface area contributed by atoms with Crippen molar-refractivity contribution in [3.8, 4) is 0 Å². The van der Waals surface area contributed by atoms with Crippen LogP contribution in [0.25, 0.3) is 0 Å². The van der Waals surface area contributed by atoms with Crippen molar-refractivity contribution >= 4 is 23.2 Å². The van der Waals surface area contributed by atoms with E-state index in [0.29, 0.717) is 23.4 Å². The summed E-state index contributed by atoms with van der Waals surface area (Å²) < 4.78 is 0. The number of carbonyl (C=O) groups is 1. The van der Waals surface area contributed by atoms with E-state index in [2.05, 4.69) is 15.6 Å². The normalized spacial score (nSPS) is 15.0. The summed E-state index contributed by atoms with van der Waals surface area (Å²) in [5.41, 5.74) is 0.557. The highest BCUT2D eigenvalue weighted by atomic mass is 35.5. The number of nitrogens with zero attached hydrogens (tertiary/aromatic N) is 1. The maximum Gasteiger partial charge on any atom is 0.238 e. The molecule has 1 aromatic heterocycles. The summed E-state index contributed by atoms with van der Waals surface area (Å²) in [5, 5.41) is 6.13. The predicted molar refractivity (Wildman–Crippen MR) is 58.9 cm³/mol. The third kappa shape index (κ3) is 3.18. The Morgan fingerprint density at radius 1 is 1.60 bits per heavy atom. The fraction of sp³-hybridized carbons (Fsp3) is 0.400. The minimum Gasteiger partial charge on any atom is -0.322 e. The van der Waals surface area contributed by atoms with Gasteiger partial charge in [-0.15, -0.1) is 0 Å². The number of carbonyl (C=O) groups excluding carboxylic acids is 1. The van der Waals surface area contributed by atoms with E-state index < -0.39 is 0 Å². The molecule has 0 unspecified atom stereocenters. The molecule has 1 aromatic rings. The van der Waals surface area contributed by atoms with Crippen LogP contribution in [0, 0.1) is 0 Å². The van der Waals surface area contributed by atoms with Crippen LogP contribution < -0.4 is 10.6 Å². The molecular formula is C10H12ClN3O. The number of anilines is 1. The molecule has 1 saturated carbocycles. The second kappa shape index (κ2) is 4.59. The van der Waals surface area contributed by atoms with Gasteiger partial charge >= 0.3 is 0 Å². The third-order valence-corrected chi connectivity index (χ3v) is 2.46. The Morgan fingerprint density at radius 3 is 3.07 bits per heavy atom. The van der Waals surface area contributed by atoms with Crippen molar-refractivity contribution in [2.45, 2.75) is 18.9 Å². The highest BCUT2D eigenvalue weighted by Crippen LogP contribution is 2.19. The zero-order valence-corrected chi connectivity index (χ0v) is 8.92. The fourth-order valence-corrected chi connectivity index (χ4v) is 1.36. The van der Waals surface area contributed by atoms with Crippen molar-refractivity contribution < 1.29 is 4.79 Å². The lowest BCUT2D eigenvalue weighted by Gasteiger charge is -2.06. The van der Waals surface area contributed by atoms with Gasteiger partial charge in [0.1, 0.15) is 0 Å². The van der Waals surface area contributed by atoms with Gasteiger partial charge < -0.3 is 10.6 Å². The van der Waals surface area contributed by atoms with Crippen LogP contribution in [0.4, 0.5) is 5.69 Å². The molecule has 1 aliphatic rings. The van der Waals surface area contributed by atoms with Crippen molar-refractivity contribution in [3.63, 3.8) is 0 Å². The Hall–Kier alpha value is -1.13. The van der Waals surface area contributed by atoms with Crippen LogP contribution in [0.3, 0.4) is 0 Å². The summed E-state index contributed by atoms with van der Waals surface area (Å²) >= 11 is 5.80. The van der Waals surface area contributed by atoms with E-state index in [1.807, 2.05) is 0 Å². The van der Waals surface area contributed by atoms with Gasteiger partial charge in [0, 0.05) is 12.2 Å². The highest BCUT2D eigenvalue weighted by molar-refractivity contribution is 6.32. The van der Waals surface area contributed by atoms with Crippen LogP contribution in [0.15, 0.2) is 18.3 Å². The number of pyridine rings is 1. The molecule has 1 aliphatic carbocycles. The van der Waals surface area contributed by atoms with E-state index in [4.69, 9.17) is 11.6 Å². The lowest BCUT2D eigenvalue weighted by Crippen LogP contribution is -2.29. The molecule has 80 valence electrons. The quantitative estimate of drug-likeness (QED) is 0.763. The van der Waals surface area contributed by atoms with Gasteiger partial charge in [-0.1, -0.05) is 11.6 Å². The Bertz CT molecular complexity index is 365. The van der Waals surface area contributed by atoms with Gasteiger partial charge in [-0.2, -0.15) is 0 Å². The second-order valence-electron chi connectivity index (χ2n) is 3.55. The molecule has 0 spiro atoms. The molecule has 4 nitrogen and oxygen atoms in total. The first-order valence-corrected chi connectivity index (χ1v) is 5.27. The SMILES string of the molecule is O=C(CNC1CC1)Nc1cccnc1Cl. The summed E-state index contributed by atoms with van der Waals surface area (Å²) in [4.78, 5) is 15.3. The lowest BCUT2D eigenvalue weighted by molar-refractivity contribution is -0.115. The number of aromatic nitrogens is 1. The molecule has 1 heterocycles. The first-order chi connectivity index (χ1) is 7.25. The van der Waals surface area contributed by atoms with Gasteiger partial charge in [0.05, 0.1) is 12.2 Å². The molecule has 0 aliphatic heterocycles. The number of halogens is 1. The number of hydrogen-bond acceptors (Lipinski definition) is 3. The summed E-state index contributed by atoms with van der Waals surface area (Å²) in [6, 6.07) is 3.99. The van der Waals surface area contributed by atoms with Crippen molar-refractivity contribution in [3.05, 3.63) is 23.5 Å². The maximum absolute atomic E-state index is 11.4. The Balaban J connectivity index is 1.84. The van der Waals surface area contributed by atoms with Crippen LogP contribution in [-0.4, -0.2) is 23.5 Å². The molecule has 5 heteroatoms. The second-order valence-corrected chi connectivity index (χ2v) is 3.90. The lowest BCUT2D eigenvalue weighted by atomic mass is 10.4. The summed E-state index contributed by atoms with van der Waals surface area (Å²) in [6.45, 7) is 0.329. The Kier molecular flexibility index (Phi) is 3.18. The van der Waals surface area contributed by atoms with E-state index in [0.717, 1.165) is 0 Å². The number of nitrogens with one attached hydrogen (secondary N) is 2. The topological polar surface area (TPSA) is 54.0 Å². The first kappa shape index (κ1) is 10.4. The molecule has 1 amide bonds. The minimum absolute atomic E-state index is 0.0863. The predicted octanol–water partition coefficient (Wildman–Crippen LogP) is 1.43. The summed E-state index contributed by atoms with van der Waals surface area (Å²) in [7, 11) is 0.